The van der Waals surface area contributed by atoms with Gasteiger partial charge in [-0.1, -0.05) is 11.6 Å². The van der Waals surface area contributed by atoms with E-state index in [9.17, 15) is 4.79 Å². The first kappa shape index (κ1) is 20.2. The van der Waals surface area contributed by atoms with Gasteiger partial charge in [0.25, 0.3) is 0 Å². The molecule has 5 rings (SSSR count). The van der Waals surface area contributed by atoms with Crippen LogP contribution in [0.5, 0.6) is 5.75 Å². The number of benzene rings is 1. The number of nitrogens with zero attached hydrogens (tertiary/aromatic N) is 3. The number of amides is 2. The van der Waals surface area contributed by atoms with Gasteiger partial charge in [0, 0.05) is 43.5 Å². The van der Waals surface area contributed by atoms with Crippen molar-refractivity contribution in [2.75, 3.05) is 46.5 Å². The van der Waals surface area contributed by atoms with Crippen LogP contribution in [0, 0.1) is 0 Å². The minimum atomic E-state index is -0.183. The van der Waals surface area contributed by atoms with Crippen molar-refractivity contribution in [3.8, 4) is 5.75 Å². The third kappa shape index (κ3) is 4.27. The highest BCUT2D eigenvalue weighted by molar-refractivity contribution is 6.32. The number of fused-ring (bicyclic) bond motifs is 4. The van der Waals surface area contributed by atoms with Crippen molar-refractivity contribution in [2.45, 2.75) is 25.3 Å². The van der Waals surface area contributed by atoms with E-state index in [0.717, 1.165) is 50.2 Å². The summed E-state index contributed by atoms with van der Waals surface area (Å²) in [7, 11) is 1.57. The van der Waals surface area contributed by atoms with Crippen LogP contribution >= 0.6 is 11.6 Å². The number of carbonyl (C=O) groups excluding carboxylic acids is 1. The summed E-state index contributed by atoms with van der Waals surface area (Å²) < 4.78 is 10.8. The Morgan fingerprint density at radius 3 is 2.79 bits per heavy atom. The van der Waals surface area contributed by atoms with Crippen LogP contribution in [-0.4, -0.2) is 74.1 Å². The molecule has 156 valence electrons. The molecular weight excluding hydrogens is 392 g/mol. The zero-order valence-corrected chi connectivity index (χ0v) is 17.5. The van der Waals surface area contributed by atoms with Crippen molar-refractivity contribution < 1.29 is 14.3 Å². The third-order valence-electron chi connectivity index (χ3n) is 6.00. The second kappa shape index (κ2) is 8.73. The second-order valence-electron chi connectivity index (χ2n) is 7.65. The molecule has 0 unspecified atom stereocenters. The number of ether oxygens (including phenoxy) is 2. The van der Waals surface area contributed by atoms with E-state index in [0.29, 0.717) is 35.2 Å². The second-order valence-corrected chi connectivity index (χ2v) is 8.06. The number of hydrogen-bond donors (Lipinski definition) is 1. The van der Waals surface area contributed by atoms with Crippen molar-refractivity contribution in [3.05, 3.63) is 34.4 Å². The molecule has 4 aliphatic rings. The summed E-state index contributed by atoms with van der Waals surface area (Å²) in [5.41, 5.74) is 9.31. The number of rotatable bonds is 2. The van der Waals surface area contributed by atoms with E-state index in [1.165, 1.54) is 0 Å². The first-order valence-electron chi connectivity index (χ1n) is 10.1. The monoisotopic (exact) mass is 418 g/mol. The first-order chi connectivity index (χ1) is 14.1. The van der Waals surface area contributed by atoms with Crippen molar-refractivity contribution >= 4 is 29.0 Å². The Morgan fingerprint density at radius 1 is 1.28 bits per heavy atom. The number of urea groups is 1. The van der Waals surface area contributed by atoms with Gasteiger partial charge in [0.15, 0.2) is 0 Å². The third-order valence-corrected chi connectivity index (χ3v) is 6.30. The lowest BCUT2D eigenvalue weighted by molar-refractivity contribution is 0.164. The van der Waals surface area contributed by atoms with Crippen molar-refractivity contribution in [1.82, 2.24) is 9.80 Å². The van der Waals surface area contributed by atoms with E-state index in [4.69, 9.17) is 26.8 Å². The maximum atomic E-state index is 13.0. The van der Waals surface area contributed by atoms with Gasteiger partial charge in [-0.15, -0.1) is 0 Å². The molecule has 4 fully saturated rings. The van der Waals surface area contributed by atoms with Crippen LogP contribution in [0.1, 0.15) is 24.8 Å². The summed E-state index contributed by atoms with van der Waals surface area (Å²) in [6.07, 6.45) is 2.64. The van der Waals surface area contributed by atoms with Crippen LogP contribution in [0.25, 0.3) is 5.70 Å². The maximum Gasteiger partial charge on any atom is 0.344 e. The van der Waals surface area contributed by atoms with Gasteiger partial charge in [0.1, 0.15) is 5.75 Å². The molecule has 0 aliphatic carbocycles. The predicted octanol–water partition coefficient (Wildman–Crippen LogP) is 2.78. The standard InChI is InChI=1S/C21H27ClN4O3/c1-28-19-3-2-14(12-17(19)22)20(23)16-6-11-29-13-18(16)24-21(27)26-10-9-25-7-4-15(26)5-8-25/h2-3,12,15H,4-11,13,23H2,1H3/b20-16-,24-18+. The average Bonchev–Trinajstić information content (AvgIpc) is 3.07. The molecule has 1 aromatic rings. The van der Waals surface area contributed by atoms with E-state index in [2.05, 4.69) is 9.89 Å². The number of nitrogens with two attached hydrogens (primary N) is 1. The van der Waals surface area contributed by atoms with Gasteiger partial charge in [-0.2, -0.15) is 4.99 Å². The molecule has 4 aliphatic heterocycles. The summed E-state index contributed by atoms with van der Waals surface area (Å²) in [4.78, 5) is 21.8. The number of methoxy groups -OCH3 is 1. The Morgan fingerprint density at radius 2 is 2.07 bits per heavy atom. The molecule has 8 heteroatoms. The fraction of sp³-hybridized carbons (Fsp3) is 0.524. The van der Waals surface area contributed by atoms with Gasteiger partial charge >= 0.3 is 6.03 Å². The minimum absolute atomic E-state index is 0.183. The number of aliphatic imine (C=N–C) groups is 1. The number of piperidine rings is 1. The van der Waals surface area contributed by atoms with E-state index >= 15 is 0 Å². The Balaban J connectivity index is 1.62. The smallest absolute Gasteiger partial charge is 0.344 e. The maximum absolute atomic E-state index is 13.0. The number of hydrogen-bond acceptors (Lipinski definition) is 5. The van der Waals surface area contributed by atoms with Crippen molar-refractivity contribution in [3.63, 3.8) is 0 Å². The molecule has 2 bridgehead atoms. The Kier molecular flexibility index (Phi) is 6.08. The van der Waals surface area contributed by atoms with Crippen LogP contribution < -0.4 is 10.5 Å². The van der Waals surface area contributed by atoms with E-state index in [-0.39, 0.29) is 18.7 Å². The highest BCUT2D eigenvalue weighted by Gasteiger charge is 2.32. The molecule has 2 N–H and O–H groups in total. The summed E-state index contributed by atoms with van der Waals surface area (Å²) in [5.74, 6) is 0.594. The van der Waals surface area contributed by atoms with Crippen LogP contribution in [0.4, 0.5) is 4.79 Å². The van der Waals surface area contributed by atoms with Gasteiger partial charge < -0.3 is 25.0 Å². The molecule has 0 saturated carbocycles. The topological polar surface area (TPSA) is 80.4 Å². The van der Waals surface area contributed by atoms with Crippen molar-refractivity contribution in [2.24, 2.45) is 10.7 Å². The minimum Gasteiger partial charge on any atom is -0.495 e. The largest absolute Gasteiger partial charge is 0.495 e. The summed E-state index contributed by atoms with van der Waals surface area (Å²) in [6, 6.07) is 5.52. The van der Waals surface area contributed by atoms with Crippen LogP contribution in [0.3, 0.4) is 0 Å². The molecule has 0 atom stereocenters. The first-order valence-corrected chi connectivity index (χ1v) is 10.5. The highest BCUT2D eigenvalue weighted by atomic mass is 35.5. The molecule has 1 aromatic carbocycles. The lowest BCUT2D eigenvalue weighted by Crippen LogP contribution is -2.41. The molecule has 4 saturated heterocycles. The van der Waals surface area contributed by atoms with Gasteiger partial charge in [-0.3, -0.25) is 0 Å². The number of halogens is 1. The molecule has 0 radical (unpaired) electrons. The Labute approximate surface area is 176 Å². The van der Waals surface area contributed by atoms with E-state index in [1.54, 1.807) is 19.2 Å². The van der Waals surface area contributed by atoms with Crippen LogP contribution in [0.15, 0.2) is 28.8 Å². The van der Waals surface area contributed by atoms with Crippen LogP contribution in [-0.2, 0) is 4.74 Å². The lowest BCUT2D eigenvalue weighted by atomic mass is 9.99. The molecule has 7 nitrogen and oxygen atoms in total. The molecular formula is C21H27ClN4O3. The zero-order valence-electron chi connectivity index (χ0n) is 16.7. The molecule has 0 spiro atoms. The van der Waals surface area contributed by atoms with Crippen LogP contribution in [0.2, 0.25) is 5.02 Å². The van der Waals surface area contributed by atoms with Gasteiger partial charge in [-0.05, 0) is 43.0 Å². The summed E-state index contributed by atoms with van der Waals surface area (Å²) >= 11 is 6.26. The fourth-order valence-electron chi connectivity index (χ4n) is 4.29. The lowest BCUT2D eigenvalue weighted by Gasteiger charge is -2.30. The highest BCUT2D eigenvalue weighted by Crippen LogP contribution is 2.29. The number of carbonyl (C=O) groups is 1. The van der Waals surface area contributed by atoms with E-state index < -0.39 is 0 Å². The molecule has 4 heterocycles. The molecule has 0 aromatic heterocycles. The zero-order chi connectivity index (χ0) is 20.4. The quantitative estimate of drug-likeness (QED) is 0.798. The molecule has 29 heavy (non-hydrogen) atoms. The van der Waals surface area contributed by atoms with Crippen molar-refractivity contribution in [1.29, 1.82) is 0 Å². The van der Waals surface area contributed by atoms with Gasteiger partial charge in [0.2, 0.25) is 0 Å². The SMILES string of the molecule is COc1ccc(/C(N)=C2\CCOC\C2=N/C(=O)N2CCN3CCC2CC3)cc1Cl. The Hall–Kier alpha value is -2.09. The molecule has 2 amide bonds. The average molecular weight is 419 g/mol. The van der Waals surface area contributed by atoms with Gasteiger partial charge in [-0.25, -0.2) is 4.79 Å². The summed E-state index contributed by atoms with van der Waals surface area (Å²) in [5, 5.41) is 0.491. The van der Waals surface area contributed by atoms with E-state index in [1.807, 2.05) is 11.0 Å². The summed E-state index contributed by atoms with van der Waals surface area (Å²) in [6.45, 7) is 4.60. The van der Waals surface area contributed by atoms with Gasteiger partial charge in [0.05, 0.1) is 31.1 Å². The Bertz CT molecular complexity index is 846. The predicted molar refractivity (Wildman–Crippen MR) is 114 cm³/mol. The normalized spacial score (nSPS) is 27.7. The fourth-order valence-corrected chi connectivity index (χ4v) is 4.55.